The van der Waals surface area contributed by atoms with Crippen LogP contribution in [0.15, 0.2) is 48.5 Å². The van der Waals surface area contributed by atoms with Crippen molar-refractivity contribution in [1.29, 1.82) is 0 Å². The summed E-state index contributed by atoms with van der Waals surface area (Å²) in [5, 5.41) is 14.6. The Balaban J connectivity index is 1.51. The minimum absolute atomic E-state index is 0.101. The smallest absolute Gasteiger partial charge is 0.414 e. The van der Waals surface area contributed by atoms with E-state index in [9.17, 15) is 29.1 Å². The number of carboxylic acid groups (broad SMARTS) is 1. The summed E-state index contributed by atoms with van der Waals surface area (Å²) >= 11 is 0. The van der Waals surface area contributed by atoms with E-state index in [1.54, 1.807) is 12.1 Å². The molecule has 0 aliphatic carbocycles. The second-order valence-corrected chi connectivity index (χ2v) is 8.72. The van der Waals surface area contributed by atoms with Gasteiger partial charge in [-0.05, 0) is 48.6 Å². The van der Waals surface area contributed by atoms with Crippen LogP contribution in [0.3, 0.4) is 0 Å². The molecule has 2 aromatic carbocycles. The van der Waals surface area contributed by atoms with Gasteiger partial charge < -0.3 is 25.2 Å². The Hall–Kier alpha value is -4.41. The average Bonchev–Trinajstić information content (AvgIpc) is 3.35. The fourth-order valence-corrected chi connectivity index (χ4v) is 3.96. The number of nitrogens with one attached hydrogen (secondary N) is 2. The molecule has 0 aromatic heterocycles. The molecule has 0 fully saturated rings. The van der Waals surface area contributed by atoms with Crippen molar-refractivity contribution in [3.8, 4) is 0 Å². The average molecular weight is 526 g/mol. The van der Waals surface area contributed by atoms with Crippen molar-refractivity contribution < 1.29 is 38.6 Å². The van der Waals surface area contributed by atoms with Gasteiger partial charge in [-0.15, -0.1) is 0 Å². The number of ether oxygens (including phenoxy) is 2. The van der Waals surface area contributed by atoms with E-state index in [0.717, 1.165) is 11.1 Å². The van der Waals surface area contributed by atoms with Gasteiger partial charge in [0.1, 0.15) is 12.6 Å². The van der Waals surface area contributed by atoms with Crippen LogP contribution in [0.2, 0.25) is 0 Å². The van der Waals surface area contributed by atoms with Gasteiger partial charge in [-0.2, -0.15) is 0 Å². The number of esters is 1. The van der Waals surface area contributed by atoms with Crippen LogP contribution in [0.4, 0.5) is 10.5 Å². The molecule has 1 aliphatic rings. The Morgan fingerprint density at radius 3 is 2.53 bits per heavy atom. The van der Waals surface area contributed by atoms with Crippen molar-refractivity contribution in [2.24, 2.45) is 0 Å². The highest BCUT2D eigenvalue weighted by molar-refractivity contribution is 5.98. The molecule has 0 spiro atoms. The molecule has 3 rings (SSSR count). The fraction of sp³-hybridized carbons (Fsp3) is 0.370. The number of rotatable bonds is 12. The number of fused-ring (bicyclic) bond motifs is 1. The number of hydrogen-bond acceptors (Lipinski definition) is 7. The summed E-state index contributed by atoms with van der Waals surface area (Å²) in [6.45, 7) is 0.804. The largest absolute Gasteiger partial charge is 0.480 e. The minimum Gasteiger partial charge on any atom is -0.480 e. The molecule has 1 atom stereocenters. The van der Waals surface area contributed by atoms with Crippen LogP contribution in [0.25, 0.3) is 0 Å². The Labute approximate surface area is 220 Å². The lowest BCUT2D eigenvalue weighted by atomic mass is 10.1. The van der Waals surface area contributed by atoms with Gasteiger partial charge in [-0.1, -0.05) is 30.3 Å². The minimum atomic E-state index is -1.26. The van der Waals surface area contributed by atoms with Gasteiger partial charge in [0.05, 0.1) is 12.8 Å². The van der Waals surface area contributed by atoms with Crippen LogP contribution in [0, 0.1) is 0 Å². The summed E-state index contributed by atoms with van der Waals surface area (Å²) in [4.78, 5) is 61.6. The third-order valence-corrected chi connectivity index (χ3v) is 6.03. The molecule has 0 bridgehead atoms. The van der Waals surface area contributed by atoms with Crippen molar-refractivity contribution in [3.63, 3.8) is 0 Å². The molecule has 0 saturated heterocycles. The highest BCUT2D eigenvalue weighted by Gasteiger charge is 2.28. The van der Waals surface area contributed by atoms with Crippen LogP contribution in [-0.2, 0) is 36.9 Å². The summed E-state index contributed by atoms with van der Waals surface area (Å²) in [7, 11) is 1.28. The predicted molar refractivity (Wildman–Crippen MR) is 137 cm³/mol. The third kappa shape index (κ3) is 8.05. The first-order valence-electron chi connectivity index (χ1n) is 12.3. The van der Waals surface area contributed by atoms with Crippen molar-refractivity contribution in [2.75, 3.05) is 25.1 Å². The monoisotopic (exact) mass is 525 g/mol. The highest BCUT2D eigenvalue weighted by Crippen LogP contribution is 2.29. The maximum atomic E-state index is 12.8. The first-order valence-corrected chi connectivity index (χ1v) is 12.3. The number of hydrogen-bond donors (Lipinski definition) is 3. The molecule has 0 radical (unpaired) electrons. The molecule has 11 heteroatoms. The number of nitrogens with zero attached hydrogens (tertiary/aromatic N) is 1. The lowest BCUT2D eigenvalue weighted by Gasteiger charge is -2.18. The van der Waals surface area contributed by atoms with E-state index in [2.05, 4.69) is 15.4 Å². The van der Waals surface area contributed by atoms with Crippen molar-refractivity contribution >= 4 is 35.5 Å². The van der Waals surface area contributed by atoms with Gasteiger partial charge in [-0.25, -0.2) is 9.59 Å². The van der Waals surface area contributed by atoms with Gasteiger partial charge in [0, 0.05) is 31.5 Å². The van der Waals surface area contributed by atoms with Crippen LogP contribution in [0.1, 0.15) is 47.2 Å². The molecule has 3 N–H and O–H groups in total. The Kier molecular flexibility index (Phi) is 10.2. The summed E-state index contributed by atoms with van der Waals surface area (Å²) in [6.07, 6.45) is 0.389. The SMILES string of the molecule is COC(=O)CCCNC(=O)CC[C@H](NC(=O)c1ccc2c(c1)CCN2C(=O)OCc1ccccc1)C(=O)O. The molecule has 1 aliphatic heterocycles. The molecular formula is C27H31N3O8. The molecular weight excluding hydrogens is 494 g/mol. The molecule has 0 unspecified atom stereocenters. The number of carbonyl (C=O) groups is 5. The Morgan fingerprint density at radius 1 is 1.05 bits per heavy atom. The summed E-state index contributed by atoms with van der Waals surface area (Å²) in [6, 6.07) is 12.8. The topological polar surface area (TPSA) is 151 Å². The number of amides is 3. The van der Waals surface area contributed by atoms with E-state index in [1.807, 2.05) is 30.3 Å². The summed E-state index contributed by atoms with van der Waals surface area (Å²) in [5.41, 5.74) is 2.53. The standard InChI is InChI=1S/C27H31N3O8/c1-37-24(32)8-5-14-28-23(31)12-10-21(26(34)35)29-25(33)20-9-11-22-19(16-20)13-15-30(22)27(36)38-17-18-6-3-2-4-7-18/h2-4,6-7,9,11,16,21H,5,8,10,12-15,17H2,1H3,(H,28,31)(H,29,33)(H,34,35)/t21-/m0/s1. The van der Waals surface area contributed by atoms with E-state index >= 15 is 0 Å². The fourth-order valence-electron chi connectivity index (χ4n) is 3.96. The third-order valence-electron chi connectivity index (χ3n) is 6.03. The predicted octanol–water partition coefficient (Wildman–Crippen LogP) is 2.42. The lowest BCUT2D eigenvalue weighted by molar-refractivity contribution is -0.141. The van der Waals surface area contributed by atoms with Gasteiger partial charge in [0.2, 0.25) is 5.91 Å². The van der Waals surface area contributed by atoms with E-state index in [0.29, 0.717) is 25.1 Å². The van der Waals surface area contributed by atoms with E-state index in [4.69, 9.17) is 4.74 Å². The molecule has 11 nitrogen and oxygen atoms in total. The zero-order valence-corrected chi connectivity index (χ0v) is 21.1. The lowest BCUT2D eigenvalue weighted by Crippen LogP contribution is -2.41. The van der Waals surface area contributed by atoms with Crippen LogP contribution in [0.5, 0.6) is 0 Å². The molecule has 0 saturated carbocycles. The molecule has 3 amide bonds. The van der Waals surface area contributed by atoms with Crippen molar-refractivity contribution in [2.45, 2.75) is 44.8 Å². The van der Waals surface area contributed by atoms with Gasteiger partial charge >= 0.3 is 18.0 Å². The van der Waals surface area contributed by atoms with Gasteiger partial charge in [0.15, 0.2) is 0 Å². The molecule has 38 heavy (non-hydrogen) atoms. The maximum Gasteiger partial charge on any atom is 0.414 e. The quantitative estimate of drug-likeness (QED) is 0.282. The second kappa shape index (κ2) is 13.8. The number of carboxylic acids is 1. The van der Waals surface area contributed by atoms with Gasteiger partial charge in [0.25, 0.3) is 5.91 Å². The number of carbonyl (C=O) groups excluding carboxylic acids is 4. The molecule has 202 valence electrons. The van der Waals surface area contributed by atoms with Gasteiger partial charge in [-0.3, -0.25) is 19.3 Å². The summed E-state index contributed by atoms with van der Waals surface area (Å²) < 4.78 is 9.93. The normalized spacial score (nSPS) is 12.7. The van der Waals surface area contributed by atoms with E-state index in [-0.39, 0.29) is 49.9 Å². The number of anilines is 1. The first-order chi connectivity index (χ1) is 18.3. The van der Waals surface area contributed by atoms with Crippen LogP contribution in [-0.4, -0.2) is 61.2 Å². The van der Waals surface area contributed by atoms with E-state index < -0.39 is 24.0 Å². The van der Waals surface area contributed by atoms with Crippen LogP contribution < -0.4 is 15.5 Å². The molecule has 2 aromatic rings. The van der Waals surface area contributed by atoms with Crippen molar-refractivity contribution in [3.05, 3.63) is 65.2 Å². The first kappa shape index (κ1) is 28.2. The van der Waals surface area contributed by atoms with E-state index in [1.165, 1.54) is 18.1 Å². The number of aliphatic carboxylic acids is 1. The Bertz CT molecular complexity index is 1170. The second-order valence-electron chi connectivity index (χ2n) is 8.72. The maximum absolute atomic E-state index is 12.8. The zero-order valence-electron chi connectivity index (χ0n) is 21.1. The summed E-state index contributed by atoms with van der Waals surface area (Å²) in [5.74, 6) is -2.61. The number of benzene rings is 2. The Morgan fingerprint density at radius 2 is 1.82 bits per heavy atom. The van der Waals surface area contributed by atoms with Crippen LogP contribution >= 0.6 is 0 Å². The van der Waals surface area contributed by atoms with Crippen molar-refractivity contribution in [1.82, 2.24) is 10.6 Å². The zero-order chi connectivity index (χ0) is 27.5. The number of methoxy groups -OCH3 is 1. The molecule has 1 heterocycles. The highest BCUT2D eigenvalue weighted by atomic mass is 16.6.